The molecule has 1 aliphatic rings. The summed E-state index contributed by atoms with van der Waals surface area (Å²) < 4.78 is 0. The second-order valence-corrected chi connectivity index (χ2v) is 6.03. The molecule has 92 valence electrons. The van der Waals surface area contributed by atoms with E-state index in [9.17, 15) is 0 Å². The largest absolute Gasteiger partial charge is 0.0843 e. The van der Waals surface area contributed by atoms with E-state index in [4.69, 9.17) is 11.6 Å². The first-order chi connectivity index (χ1) is 8.59. The Labute approximate surface area is 114 Å². The molecule has 0 bridgehead atoms. The van der Waals surface area contributed by atoms with Crippen molar-refractivity contribution in [3.05, 3.63) is 70.2 Å². The lowest BCUT2D eigenvalue weighted by molar-refractivity contribution is 0.748. The highest BCUT2D eigenvalue weighted by Crippen LogP contribution is 2.60. The number of halogens is 1. The van der Waals surface area contributed by atoms with Crippen LogP contribution < -0.4 is 0 Å². The highest BCUT2D eigenvalue weighted by atomic mass is 35.5. The molecule has 2 aromatic carbocycles. The van der Waals surface area contributed by atoms with Crippen LogP contribution in [0.25, 0.3) is 0 Å². The van der Waals surface area contributed by atoms with E-state index >= 15 is 0 Å². The number of hydrogen-bond acceptors (Lipinski definition) is 0. The average molecular weight is 257 g/mol. The van der Waals surface area contributed by atoms with Gasteiger partial charge in [0.2, 0.25) is 0 Å². The molecule has 1 aliphatic carbocycles. The molecule has 0 nitrogen and oxygen atoms in total. The quantitative estimate of drug-likeness (QED) is 0.702. The molecule has 0 unspecified atom stereocenters. The van der Waals surface area contributed by atoms with Gasteiger partial charge in [0.15, 0.2) is 0 Å². The minimum atomic E-state index is 0.307. The summed E-state index contributed by atoms with van der Waals surface area (Å²) in [6.45, 7) is 4.49. The zero-order valence-electron chi connectivity index (χ0n) is 10.8. The van der Waals surface area contributed by atoms with E-state index in [1.807, 2.05) is 12.1 Å². The molecule has 1 saturated carbocycles. The lowest BCUT2D eigenvalue weighted by Crippen LogP contribution is -2.03. The summed E-state index contributed by atoms with van der Waals surface area (Å²) in [5.41, 5.74) is 4.49. The molecule has 3 rings (SSSR count). The molecule has 0 aliphatic heterocycles. The van der Waals surface area contributed by atoms with Crippen molar-refractivity contribution in [1.29, 1.82) is 0 Å². The van der Waals surface area contributed by atoms with Gasteiger partial charge in [-0.2, -0.15) is 0 Å². The first kappa shape index (κ1) is 11.8. The predicted molar refractivity (Wildman–Crippen MR) is 77.3 cm³/mol. The van der Waals surface area contributed by atoms with E-state index in [2.05, 4.69) is 50.2 Å². The van der Waals surface area contributed by atoms with Gasteiger partial charge in [-0.1, -0.05) is 60.5 Å². The maximum atomic E-state index is 5.94. The summed E-state index contributed by atoms with van der Waals surface area (Å²) in [5, 5.41) is 0.816. The van der Waals surface area contributed by atoms with E-state index in [0.717, 1.165) is 5.02 Å². The Hall–Kier alpha value is -1.27. The Morgan fingerprint density at radius 1 is 1.00 bits per heavy atom. The summed E-state index contributed by atoms with van der Waals surface area (Å²) >= 11 is 5.94. The Kier molecular flexibility index (Phi) is 2.71. The first-order valence-electron chi connectivity index (χ1n) is 6.42. The molecule has 0 aromatic heterocycles. The van der Waals surface area contributed by atoms with Crippen molar-refractivity contribution in [3.63, 3.8) is 0 Å². The molecule has 2 aromatic rings. The number of benzene rings is 2. The lowest BCUT2D eigenvalue weighted by Gasteiger charge is -2.12. The smallest absolute Gasteiger partial charge is 0.0406 e. The van der Waals surface area contributed by atoms with Crippen LogP contribution in [-0.4, -0.2) is 0 Å². The zero-order valence-corrected chi connectivity index (χ0v) is 11.5. The van der Waals surface area contributed by atoms with E-state index in [1.54, 1.807) is 0 Å². The van der Waals surface area contributed by atoms with E-state index in [-0.39, 0.29) is 0 Å². The molecule has 18 heavy (non-hydrogen) atoms. The Morgan fingerprint density at radius 3 is 2.22 bits per heavy atom. The third kappa shape index (κ3) is 1.95. The second kappa shape index (κ2) is 4.13. The normalized spacial score (nSPS) is 26.1. The van der Waals surface area contributed by atoms with Crippen molar-refractivity contribution >= 4 is 11.6 Å². The van der Waals surface area contributed by atoms with Crippen LogP contribution in [0.1, 0.15) is 36.0 Å². The fourth-order valence-corrected chi connectivity index (χ4v) is 2.93. The van der Waals surface area contributed by atoms with Gasteiger partial charge in [-0.3, -0.25) is 0 Å². The average Bonchev–Trinajstić information content (AvgIpc) is 3.04. The van der Waals surface area contributed by atoms with Crippen molar-refractivity contribution in [2.45, 2.75) is 31.6 Å². The molecule has 1 heteroatoms. The van der Waals surface area contributed by atoms with Gasteiger partial charge < -0.3 is 0 Å². The molecule has 0 spiro atoms. The highest BCUT2D eigenvalue weighted by molar-refractivity contribution is 6.30. The third-order valence-corrected chi connectivity index (χ3v) is 4.47. The Balaban J connectivity index is 1.87. The van der Waals surface area contributed by atoms with Gasteiger partial charge in [-0.25, -0.2) is 0 Å². The van der Waals surface area contributed by atoms with E-state index < -0.39 is 0 Å². The van der Waals surface area contributed by atoms with Crippen molar-refractivity contribution in [2.75, 3.05) is 0 Å². The second-order valence-electron chi connectivity index (χ2n) is 5.59. The number of rotatable bonds is 2. The molecule has 1 fully saturated rings. The Bertz CT molecular complexity index is 553. The van der Waals surface area contributed by atoms with Gasteiger partial charge in [0.1, 0.15) is 0 Å². The summed E-state index contributed by atoms with van der Waals surface area (Å²) in [5.74, 6) is 0.637. The first-order valence-corrected chi connectivity index (χ1v) is 6.80. The molecular weight excluding hydrogens is 240 g/mol. The zero-order chi connectivity index (χ0) is 12.8. The van der Waals surface area contributed by atoms with Gasteiger partial charge in [-0.15, -0.1) is 0 Å². The van der Waals surface area contributed by atoms with Crippen molar-refractivity contribution in [3.8, 4) is 0 Å². The fraction of sp³-hybridized carbons (Fsp3) is 0.294. The van der Waals surface area contributed by atoms with Gasteiger partial charge in [0.05, 0.1) is 0 Å². The summed E-state index contributed by atoms with van der Waals surface area (Å²) in [7, 11) is 0. The number of hydrogen-bond donors (Lipinski definition) is 0. The SMILES string of the molecule is Cc1ccc([C@@]2(C)C[C@@H]2c2ccc(Cl)cc2)cc1. The highest BCUT2D eigenvalue weighted by Gasteiger charge is 2.51. The Morgan fingerprint density at radius 2 is 1.61 bits per heavy atom. The minimum absolute atomic E-state index is 0.307. The lowest BCUT2D eigenvalue weighted by atomic mass is 9.92. The predicted octanol–water partition coefficient (Wildman–Crippen LogP) is 5.09. The van der Waals surface area contributed by atoms with Crippen LogP contribution in [0.4, 0.5) is 0 Å². The van der Waals surface area contributed by atoms with E-state index in [1.165, 1.54) is 23.1 Å². The number of aryl methyl sites for hydroxylation is 1. The van der Waals surface area contributed by atoms with Gasteiger partial charge in [0.25, 0.3) is 0 Å². The van der Waals surface area contributed by atoms with Crippen LogP contribution in [0.2, 0.25) is 5.02 Å². The summed E-state index contributed by atoms with van der Waals surface area (Å²) in [6.07, 6.45) is 1.23. The van der Waals surface area contributed by atoms with Crippen molar-refractivity contribution < 1.29 is 0 Å². The third-order valence-electron chi connectivity index (χ3n) is 4.22. The van der Waals surface area contributed by atoms with Crippen LogP contribution in [0.15, 0.2) is 48.5 Å². The van der Waals surface area contributed by atoms with Crippen LogP contribution >= 0.6 is 11.6 Å². The van der Waals surface area contributed by atoms with Gasteiger partial charge in [-0.05, 0) is 47.9 Å². The summed E-state index contributed by atoms with van der Waals surface area (Å²) in [4.78, 5) is 0. The maximum Gasteiger partial charge on any atom is 0.0406 e. The monoisotopic (exact) mass is 256 g/mol. The molecule has 0 saturated heterocycles. The molecular formula is C17H17Cl. The van der Waals surface area contributed by atoms with Crippen molar-refractivity contribution in [1.82, 2.24) is 0 Å². The molecule has 0 radical (unpaired) electrons. The topological polar surface area (TPSA) is 0 Å². The fourth-order valence-electron chi connectivity index (χ4n) is 2.80. The van der Waals surface area contributed by atoms with Crippen LogP contribution in [0.5, 0.6) is 0 Å². The molecule has 0 N–H and O–H groups in total. The minimum Gasteiger partial charge on any atom is -0.0843 e. The van der Waals surface area contributed by atoms with Crippen LogP contribution in [-0.2, 0) is 5.41 Å². The standard InChI is InChI=1S/C17H17Cl/c1-12-3-7-14(8-4-12)17(2)11-16(17)13-5-9-15(18)10-6-13/h3-10,16H,11H2,1-2H3/t16-,17-/m1/s1. The van der Waals surface area contributed by atoms with Gasteiger partial charge >= 0.3 is 0 Å². The van der Waals surface area contributed by atoms with Crippen molar-refractivity contribution in [2.24, 2.45) is 0 Å². The van der Waals surface area contributed by atoms with Gasteiger partial charge in [0, 0.05) is 5.02 Å². The molecule has 2 atom stereocenters. The van der Waals surface area contributed by atoms with Crippen LogP contribution in [0, 0.1) is 6.92 Å². The van der Waals surface area contributed by atoms with Crippen LogP contribution in [0.3, 0.4) is 0 Å². The molecule has 0 heterocycles. The van der Waals surface area contributed by atoms with E-state index in [0.29, 0.717) is 11.3 Å². The summed E-state index contributed by atoms with van der Waals surface area (Å²) in [6, 6.07) is 17.3. The molecule has 0 amide bonds. The maximum absolute atomic E-state index is 5.94.